The van der Waals surface area contributed by atoms with E-state index in [9.17, 15) is 0 Å². The van der Waals surface area contributed by atoms with Crippen molar-refractivity contribution in [2.24, 2.45) is 0 Å². The highest BCUT2D eigenvalue weighted by molar-refractivity contribution is 6.24. The van der Waals surface area contributed by atoms with Gasteiger partial charge in [0.25, 0.3) is 0 Å². The molecule has 22 aromatic rings. The second-order valence-corrected chi connectivity index (χ2v) is 39.5. The second-order valence-electron chi connectivity index (χ2n) is 39.5. The zero-order valence-electron chi connectivity index (χ0n) is 75.4. The molecule has 0 atom stereocenters. The Bertz CT molecular complexity index is 8080. The molecular formula is C120H102N4O4. The zero-order chi connectivity index (χ0) is 87.7. The van der Waals surface area contributed by atoms with Crippen molar-refractivity contribution in [3.05, 3.63) is 384 Å². The molecule has 0 radical (unpaired) electrons. The lowest BCUT2D eigenvalue weighted by molar-refractivity contribution is 0.521. The molecule has 8 heteroatoms. The summed E-state index contributed by atoms with van der Waals surface area (Å²) in [6, 6.07) is 124. The molecule has 18 aromatic carbocycles. The summed E-state index contributed by atoms with van der Waals surface area (Å²) < 4.78 is 28.0. The van der Waals surface area contributed by atoms with Crippen LogP contribution in [0.4, 0.5) is 68.2 Å². The third-order valence-electron chi connectivity index (χ3n) is 26.9. The molecule has 8 nitrogen and oxygen atoms in total. The Labute approximate surface area is 747 Å². The fourth-order valence-electron chi connectivity index (χ4n) is 19.4. The van der Waals surface area contributed by atoms with E-state index < -0.39 is 0 Å². The van der Waals surface area contributed by atoms with Gasteiger partial charge < -0.3 is 37.3 Å². The molecule has 128 heavy (non-hydrogen) atoms. The molecule has 4 aromatic heterocycles. The Morgan fingerprint density at radius 1 is 0.195 bits per heavy atom. The molecule has 0 N–H and O–H groups in total. The van der Waals surface area contributed by atoms with Gasteiger partial charge >= 0.3 is 0 Å². The van der Waals surface area contributed by atoms with Gasteiger partial charge in [0, 0.05) is 111 Å². The van der Waals surface area contributed by atoms with E-state index in [1.54, 1.807) is 0 Å². The number of nitrogens with zero attached hydrogens (tertiary/aromatic N) is 4. The normalized spacial score (nSPS) is 12.5. The molecule has 0 aliphatic heterocycles. The van der Waals surface area contributed by atoms with E-state index in [-0.39, 0.29) is 21.7 Å². The summed E-state index contributed by atoms with van der Waals surface area (Å²) in [6.07, 6.45) is 0.813. The van der Waals surface area contributed by atoms with Crippen LogP contribution in [0.3, 0.4) is 0 Å². The summed E-state index contributed by atoms with van der Waals surface area (Å²) in [5.74, 6) is 0. The lowest BCUT2D eigenvalue weighted by Crippen LogP contribution is -2.21. The first-order chi connectivity index (χ1) is 61.6. The van der Waals surface area contributed by atoms with Crippen LogP contribution in [-0.2, 0) is 28.1 Å². The van der Waals surface area contributed by atoms with Crippen molar-refractivity contribution in [2.75, 3.05) is 19.6 Å². The average Bonchev–Trinajstić information content (AvgIpc) is 1.57. The number of fused-ring (bicyclic) bond motifs is 18. The van der Waals surface area contributed by atoms with Gasteiger partial charge in [-0.05, 0) is 351 Å². The molecule has 0 spiro atoms. The Morgan fingerprint density at radius 3 is 0.672 bits per heavy atom. The highest BCUT2D eigenvalue weighted by atomic mass is 16.4. The quantitative estimate of drug-likeness (QED) is 0.101. The van der Waals surface area contributed by atoms with Crippen molar-refractivity contribution in [1.82, 2.24) is 0 Å². The number of furan rings is 4. The van der Waals surface area contributed by atoms with E-state index >= 15 is 0 Å². The summed E-state index contributed by atoms with van der Waals surface area (Å²) in [5, 5.41) is 17.2. The summed E-state index contributed by atoms with van der Waals surface area (Å²) in [5.41, 5.74) is 30.4. The van der Waals surface area contributed by atoms with Gasteiger partial charge in [0.2, 0.25) is 0 Å². The van der Waals surface area contributed by atoms with Crippen LogP contribution in [0.5, 0.6) is 0 Å². The summed E-state index contributed by atoms with van der Waals surface area (Å²) >= 11 is 0. The average molecular weight is 1660 g/mol. The van der Waals surface area contributed by atoms with Crippen molar-refractivity contribution in [3.63, 3.8) is 0 Å². The lowest BCUT2D eigenvalue weighted by Gasteiger charge is -2.30. The van der Waals surface area contributed by atoms with Crippen LogP contribution >= 0.6 is 0 Å². The maximum atomic E-state index is 7.04. The molecule has 0 aliphatic carbocycles. The smallest absolute Gasteiger partial charge is 0.178 e. The molecular weight excluding hydrogens is 1560 g/mol. The molecule has 22 rings (SSSR count). The number of hydrogen-bond donors (Lipinski definition) is 0. The molecule has 0 fully saturated rings. The fraction of sp³-hybridized carbons (Fsp3) is 0.167. The van der Waals surface area contributed by atoms with Crippen molar-refractivity contribution in [1.29, 1.82) is 0 Å². The maximum absolute atomic E-state index is 7.04. The van der Waals surface area contributed by atoms with Crippen LogP contribution < -0.4 is 19.6 Å². The first-order valence-corrected chi connectivity index (χ1v) is 44.9. The topological polar surface area (TPSA) is 65.5 Å². The van der Waals surface area contributed by atoms with Crippen LogP contribution in [0.1, 0.15) is 126 Å². The molecule has 0 amide bonds. The minimum atomic E-state index is -0.259. The Morgan fingerprint density at radius 2 is 0.414 bits per heavy atom. The minimum Gasteiger partial charge on any atom is -0.452 e. The molecule has 0 unspecified atom stereocenters. The van der Waals surface area contributed by atoms with Gasteiger partial charge in [-0.1, -0.05) is 208 Å². The monoisotopic (exact) mass is 1660 g/mol. The third kappa shape index (κ3) is 14.0. The van der Waals surface area contributed by atoms with Crippen LogP contribution in [-0.4, -0.2) is 0 Å². The van der Waals surface area contributed by atoms with Gasteiger partial charge in [0.1, 0.15) is 22.3 Å². The molecule has 4 heterocycles. The molecule has 0 saturated heterocycles. The molecule has 626 valence electrons. The van der Waals surface area contributed by atoms with Crippen LogP contribution in [0, 0.1) is 27.7 Å². The summed E-state index contributed by atoms with van der Waals surface area (Å²) in [4.78, 5) is 9.48. The Kier molecular flexibility index (Phi) is 18.5. The maximum Gasteiger partial charge on any atom is 0.178 e. The van der Waals surface area contributed by atoms with Gasteiger partial charge in [-0.15, -0.1) is 0 Å². The highest BCUT2D eigenvalue weighted by Gasteiger charge is 2.29. The highest BCUT2D eigenvalue weighted by Crippen LogP contribution is 2.50. The van der Waals surface area contributed by atoms with Crippen molar-refractivity contribution >= 4 is 199 Å². The number of aryl methyl sites for hydroxylation is 4. The minimum absolute atomic E-state index is 0.0149. The van der Waals surface area contributed by atoms with Crippen molar-refractivity contribution < 1.29 is 17.7 Å². The van der Waals surface area contributed by atoms with Gasteiger partial charge in [-0.25, -0.2) is 0 Å². The Hall–Kier alpha value is -14.6. The SMILES string of the molecule is Cc1ccc(N(c2ccc(C)cc2)c2ccc3cc4c(cc3c2)oc2c4ccc3c4cc5ccc(N(c6ccc(C)cc6)c6ccc(C)c(CC(C)(C)c7ccc(N(c8ccc(C(C)(C)C)cc8)c8ccc9cc%10c(cc9c8)oc8c%10ccc9c%10cc%11ccc(N(c%12ccc(C(C)(C)C)cc%12)c%12ccc(C(C)(C)C)cc%12)cc%11cc%10oc98)cc7)c6)cc5cc4oc32)cc1. The number of anilines is 12. The van der Waals surface area contributed by atoms with Gasteiger partial charge in [-0.2, -0.15) is 0 Å². The summed E-state index contributed by atoms with van der Waals surface area (Å²) in [6.45, 7) is 33.9. The van der Waals surface area contributed by atoms with E-state index in [0.717, 1.165) is 206 Å². The first-order valence-electron chi connectivity index (χ1n) is 44.9. The lowest BCUT2D eigenvalue weighted by atomic mass is 9.78. The van der Waals surface area contributed by atoms with Crippen LogP contribution in [0.25, 0.3) is 131 Å². The number of hydrogen-bond acceptors (Lipinski definition) is 8. The zero-order valence-corrected chi connectivity index (χ0v) is 75.4. The van der Waals surface area contributed by atoms with Crippen LogP contribution in [0.15, 0.2) is 351 Å². The standard InChI is InChI=1S/C120H102N4O4/c1-72-16-35-89(36-17-72)121(90-37-18-73(2)19-38-90)97-42-23-76-63-105-101-56-57-104-108-66-79-26-45-100(61-83(79)70-112(108)128-116(104)115(101)125-109(105)67-80(76)58-97)124(91-39-20-74(3)21-40-91)96-41-22-75(4)84(62-96)71-120(14,15)88-33-52-95(53-34-88)123(94-50-31-87(32-51-94)119(11,12)13)99-44-25-78-65-107-103-55-54-102-106-64-77-24-43-98(59-81(77)68-110(106)126-113(102)114(103)127-111(107)69-82(78)60-99)122(92-46-27-85(28-47-92)117(5,6)7)93-48-29-86(30-49-93)118(8,9)10/h16-70H,71H2,1-15H3. The third-order valence-corrected chi connectivity index (χ3v) is 26.9. The second kappa shape index (κ2) is 29.8. The van der Waals surface area contributed by atoms with Gasteiger partial charge in [-0.3, -0.25) is 0 Å². The van der Waals surface area contributed by atoms with Gasteiger partial charge in [0.05, 0.1) is 0 Å². The Balaban J connectivity index is 0.559. The predicted octanol–water partition coefficient (Wildman–Crippen LogP) is 35.4. The van der Waals surface area contributed by atoms with E-state index in [4.69, 9.17) is 17.7 Å². The van der Waals surface area contributed by atoms with Crippen LogP contribution in [0.2, 0.25) is 0 Å². The van der Waals surface area contributed by atoms with Gasteiger partial charge in [0.15, 0.2) is 22.3 Å². The number of benzene rings is 18. The molecule has 0 aliphatic rings. The summed E-state index contributed by atoms with van der Waals surface area (Å²) in [7, 11) is 0. The van der Waals surface area contributed by atoms with E-state index in [1.807, 2.05) is 0 Å². The molecule has 0 bridgehead atoms. The molecule has 0 saturated carbocycles. The largest absolute Gasteiger partial charge is 0.452 e. The van der Waals surface area contributed by atoms with E-state index in [2.05, 4.69) is 457 Å². The van der Waals surface area contributed by atoms with E-state index in [0.29, 0.717) is 0 Å². The predicted molar refractivity (Wildman–Crippen MR) is 543 cm³/mol. The van der Waals surface area contributed by atoms with Crippen molar-refractivity contribution in [3.8, 4) is 0 Å². The van der Waals surface area contributed by atoms with E-state index in [1.165, 1.54) is 50.1 Å². The van der Waals surface area contributed by atoms with Crippen molar-refractivity contribution in [2.45, 2.75) is 132 Å². The number of rotatable bonds is 15. The fourth-order valence-corrected chi connectivity index (χ4v) is 19.4. The first kappa shape index (κ1) is 79.3.